The van der Waals surface area contributed by atoms with E-state index in [-0.39, 0.29) is 26.7 Å². The van der Waals surface area contributed by atoms with E-state index >= 15 is 0 Å². The molecular formula is C24H16F2N2O4S2. The Hall–Kier alpha value is -3.63. The normalized spacial score (nSPS) is 17.6. The molecule has 2 aromatic heterocycles. The van der Waals surface area contributed by atoms with Crippen LogP contribution in [0.5, 0.6) is 5.75 Å². The predicted octanol–water partition coefficient (Wildman–Crippen LogP) is 5.58. The summed E-state index contributed by atoms with van der Waals surface area (Å²) in [6.07, 6.45) is 0. The molecule has 3 heterocycles. The highest BCUT2D eigenvalue weighted by Crippen LogP contribution is 2.46. The average molecular weight is 499 g/mol. The number of hydrogen-bond acceptors (Lipinski definition) is 7. The van der Waals surface area contributed by atoms with Gasteiger partial charge in [0.15, 0.2) is 10.9 Å². The summed E-state index contributed by atoms with van der Waals surface area (Å²) in [4.78, 5) is 32.3. The molecule has 1 saturated heterocycles. The van der Waals surface area contributed by atoms with Crippen LogP contribution in [0.3, 0.4) is 0 Å². The first-order valence-corrected chi connectivity index (χ1v) is 11.7. The van der Waals surface area contributed by atoms with Gasteiger partial charge in [0.1, 0.15) is 28.9 Å². The molecule has 4 aromatic rings. The van der Waals surface area contributed by atoms with Gasteiger partial charge in [-0.1, -0.05) is 17.4 Å². The topological polar surface area (TPSA) is 79.7 Å². The van der Waals surface area contributed by atoms with Crippen molar-refractivity contribution in [3.8, 4) is 5.75 Å². The quantitative estimate of drug-likeness (QED) is 0.226. The van der Waals surface area contributed by atoms with Gasteiger partial charge in [0.25, 0.3) is 5.78 Å². The molecule has 0 saturated carbocycles. The van der Waals surface area contributed by atoms with Gasteiger partial charge >= 0.3 is 5.91 Å². The van der Waals surface area contributed by atoms with Gasteiger partial charge in [-0.25, -0.2) is 13.8 Å². The molecule has 1 amide bonds. The number of hydrogen-bond donors (Lipinski definition) is 1. The van der Waals surface area contributed by atoms with Crippen molar-refractivity contribution in [3.63, 3.8) is 0 Å². The van der Waals surface area contributed by atoms with Crippen molar-refractivity contribution in [2.45, 2.75) is 13.0 Å². The number of aromatic nitrogens is 1. The summed E-state index contributed by atoms with van der Waals surface area (Å²) in [5, 5.41) is 13.0. The van der Waals surface area contributed by atoms with Crippen molar-refractivity contribution in [3.05, 3.63) is 81.1 Å². The maximum Gasteiger partial charge on any atom is 0.301 e. The number of amides is 1. The lowest BCUT2D eigenvalue weighted by Gasteiger charge is -2.21. The van der Waals surface area contributed by atoms with Gasteiger partial charge in [0, 0.05) is 16.5 Å². The molecule has 5 rings (SSSR count). The number of benzene rings is 2. The van der Waals surface area contributed by atoms with Gasteiger partial charge < -0.3 is 9.84 Å². The molecule has 0 radical (unpaired) electrons. The van der Waals surface area contributed by atoms with Crippen molar-refractivity contribution < 1.29 is 28.2 Å². The Morgan fingerprint density at radius 3 is 2.65 bits per heavy atom. The highest BCUT2D eigenvalue weighted by atomic mass is 32.1. The van der Waals surface area contributed by atoms with E-state index in [1.165, 1.54) is 18.4 Å². The van der Waals surface area contributed by atoms with E-state index in [0.29, 0.717) is 27.8 Å². The maximum absolute atomic E-state index is 14.3. The van der Waals surface area contributed by atoms with E-state index < -0.39 is 29.4 Å². The number of ether oxygens (including phenoxy) is 1. The average Bonchev–Trinajstić information content (AvgIpc) is 3.52. The van der Waals surface area contributed by atoms with Crippen LogP contribution in [0.15, 0.2) is 53.4 Å². The van der Waals surface area contributed by atoms with Crippen LogP contribution >= 0.6 is 22.7 Å². The number of Topliss-reactive ketones (excluding diaryl/α,β-unsaturated/α-hetero) is 1. The molecule has 34 heavy (non-hydrogen) atoms. The van der Waals surface area contributed by atoms with Gasteiger partial charge in [0.2, 0.25) is 0 Å². The lowest BCUT2D eigenvalue weighted by Crippen LogP contribution is -2.28. The Bertz CT molecular complexity index is 1490. The summed E-state index contributed by atoms with van der Waals surface area (Å²) in [7, 11) is 1.52. The Morgan fingerprint density at radius 1 is 1.18 bits per heavy atom. The number of rotatable bonds is 4. The standard InChI is InChI=1S/C24H16F2N2O4S2/c1-11-8-13(32-2)5-6-14(11)21(29)18-20(16-4-3-7-33-16)28(23(31)22(18)30)24-27-19-15(26)9-12(25)10-17(19)34-24/h3-10,20,29H,1-2H3/b21-18+. The van der Waals surface area contributed by atoms with Crippen molar-refractivity contribution in [2.24, 2.45) is 0 Å². The summed E-state index contributed by atoms with van der Waals surface area (Å²) in [5.41, 5.74) is 0.814. The van der Waals surface area contributed by atoms with Crippen LogP contribution < -0.4 is 9.64 Å². The van der Waals surface area contributed by atoms with Gasteiger partial charge in [0.05, 0.1) is 17.4 Å². The fourth-order valence-corrected chi connectivity index (χ4v) is 5.82. The molecule has 2 aromatic carbocycles. The largest absolute Gasteiger partial charge is 0.507 e. The number of fused-ring (bicyclic) bond motifs is 1. The number of anilines is 1. The number of aliphatic hydroxyl groups is 1. The fourth-order valence-electron chi connectivity index (χ4n) is 3.97. The summed E-state index contributed by atoms with van der Waals surface area (Å²) in [5.74, 6) is -3.20. The van der Waals surface area contributed by atoms with Crippen LogP contribution in [0, 0.1) is 18.6 Å². The van der Waals surface area contributed by atoms with Crippen molar-refractivity contribution in [1.29, 1.82) is 0 Å². The Morgan fingerprint density at radius 2 is 1.97 bits per heavy atom. The van der Waals surface area contributed by atoms with Crippen LogP contribution in [0.1, 0.15) is 22.0 Å². The van der Waals surface area contributed by atoms with E-state index in [4.69, 9.17) is 4.74 Å². The number of carbonyl (C=O) groups excluding carboxylic acids is 2. The van der Waals surface area contributed by atoms with Crippen LogP contribution in [0.4, 0.5) is 13.9 Å². The lowest BCUT2D eigenvalue weighted by molar-refractivity contribution is -0.132. The molecule has 0 spiro atoms. The SMILES string of the molecule is COc1ccc(/C(O)=C2\C(=O)C(=O)N(c3nc4c(F)cc(F)cc4s3)C2c2cccs2)c(C)c1. The molecule has 0 aliphatic carbocycles. The van der Waals surface area contributed by atoms with Gasteiger partial charge in [-0.3, -0.25) is 14.5 Å². The summed E-state index contributed by atoms with van der Waals surface area (Å²) in [6, 6.07) is 9.30. The fraction of sp³-hybridized carbons (Fsp3) is 0.125. The second-order valence-corrected chi connectivity index (χ2v) is 9.58. The lowest BCUT2D eigenvalue weighted by atomic mass is 9.97. The van der Waals surface area contributed by atoms with Crippen molar-refractivity contribution in [2.75, 3.05) is 12.0 Å². The van der Waals surface area contributed by atoms with Crippen molar-refractivity contribution >= 4 is 55.5 Å². The number of thiazole rings is 1. The predicted molar refractivity (Wildman–Crippen MR) is 126 cm³/mol. The van der Waals surface area contributed by atoms with E-state index in [9.17, 15) is 23.5 Å². The Kier molecular flexibility index (Phi) is 5.41. The highest BCUT2D eigenvalue weighted by molar-refractivity contribution is 7.22. The molecule has 1 aliphatic rings. The molecule has 1 unspecified atom stereocenters. The number of aliphatic hydroxyl groups excluding tert-OH is 1. The first-order chi connectivity index (χ1) is 16.3. The molecular weight excluding hydrogens is 482 g/mol. The molecule has 1 fully saturated rings. The summed E-state index contributed by atoms with van der Waals surface area (Å²) >= 11 is 2.19. The maximum atomic E-state index is 14.3. The number of methoxy groups -OCH3 is 1. The number of nitrogens with zero attached hydrogens (tertiary/aromatic N) is 2. The van der Waals surface area contributed by atoms with Gasteiger partial charge in [-0.15, -0.1) is 11.3 Å². The second kappa shape index (κ2) is 8.30. The molecule has 172 valence electrons. The minimum Gasteiger partial charge on any atom is -0.507 e. The van der Waals surface area contributed by atoms with E-state index in [1.807, 2.05) is 0 Å². The Labute approximate surface area is 200 Å². The third-order valence-electron chi connectivity index (χ3n) is 5.55. The molecule has 1 aliphatic heterocycles. The molecule has 10 heteroatoms. The van der Waals surface area contributed by atoms with E-state index in [2.05, 4.69) is 4.98 Å². The van der Waals surface area contributed by atoms with Gasteiger partial charge in [-0.2, -0.15) is 0 Å². The smallest absolute Gasteiger partial charge is 0.301 e. The number of carbonyl (C=O) groups is 2. The van der Waals surface area contributed by atoms with Crippen LogP contribution in [0.2, 0.25) is 0 Å². The van der Waals surface area contributed by atoms with Gasteiger partial charge in [-0.05, 0) is 48.2 Å². The monoisotopic (exact) mass is 498 g/mol. The minimum absolute atomic E-state index is 0.0329. The number of thiophene rings is 1. The molecule has 1 N–H and O–H groups in total. The summed E-state index contributed by atoms with van der Waals surface area (Å²) in [6.45, 7) is 1.75. The number of ketones is 1. The number of halogens is 2. The first kappa shape index (κ1) is 22.2. The van der Waals surface area contributed by atoms with Crippen LogP contribution in [-0.2, 0) is 9.59 Å². The molecule has 6 nitrogen and oxygen atoms in total. The minimum atomic E-state index is -0.977. The van der Waals surface area contributed by atoms with Crippen LogP contribution in [0.25, 0.3) is 16.0 Å². The number of aryl methyl sites for hydroxylation is 1. The van der Waals surface area contributed by atoms with E-state index in [0.717, 1.165) is 22.3 Å². The van der Waals surface area contributed by atoms with E-state index in [1.54, 1.807) is 42.6 Å². The zero-order valence-corrected chi connectivity index (χ0v) is 19.5. The molecule has 1 atom stereocenters. The van der Waals surface area contributed by atoms with Crippen LogP contribution in [-0.4, -0.2) is 28.9 Å². The highest BCUT2D eigenvalue weighted by Gasteiger charge is 2.48. The summed E-state index contributed by atoms with van der Waals surface area (Å²) < 4.78 is 33.4. The third-order valence-corrected chi connectivity index (χ3v) is 7.48. The second-order valence-electron chi connectivity index (χ2n) is 7.60. The molecule has 0 bridgehead atoms. The van der Waals surface area contributed by atoms with Crippen molar-refractivity contribution in [1.82, 2.24) is 4.98 Å². The zero-order chi connectivity index (χ0) is 24.1. The first-order valence-electron chi connectivity index (χ1n) is 10.0. The zero-order valence-electron chi connectivity index (χ0n) is 17.8. The third kappa shape index (κ3) is 3.46. The Balaban J connectivity index is 1.72.